The molecule has 0 aliphatic rings. The van der Waals surface area contributed by atoms with Crippen LogP contribution in [0.15, 0.2) is 35.2 Å². The Balaban J connectivity index is 1.88. The Hall–Kier alpha value is -2.37. The lowest BCUT2D eigenvalue weighted by Gasteiger charge is -2.05. The fourth-order valence-electron chi connectivity index (χ4n) is 1.39. The van der Waals surface area contributed by atoms with E-state index in [1.165, 1.54) is 6.39 Å². The van der Waals surface area contributed by atoms with Crippen molar-refractivity contribution in [3.63, 3.8) is 0 Å². The summed E-state index contributed by atoms with van der Waals surface area (Å²) in [5.41, 5.74) is 6.62. The van der Waals surface area contributed by atoms with Gasteiger partial charge in [0.15, 0.2) is 5.82 Å². The van der Waals surface area contributed by atoms with E-state index in [1.54, 1.807) is 24.3 Å². The maximum Gasteiger partial charge on any atom is 0.253 e. The van der Waals surface area contributed by atoms with Crippen LogP contribution in [0.3, 0.4) is 0 Å². The lowest BCUT2D eigenvalue weighted by molar-refractivity contribution is 0.0955. The molecule has 0 radical (unpaired) electrons. The maximum absolute atomic E-state index is 11.7. The molecule has 0 unspecified atom stereocenters. The summed E-state index contributed by atoms with van der Waals surface area (Å²) < 4.78 is 4.58. The largest absolute Gasteiger partial charge is 0.398 e. The van der Waals surface area contributed by atoms with Crippen LogP contribution in [0.25, 0.3) is 0 Å². The number of amides is 1. The average molecular weight is 232 g/mol. The summed E-state index contributed by atoms with van der Waals surface area (Å²) in [7, 11) is 0. The number of para-hydroxylation sites is 1. The predicted molar refractivity (Wildman–Crippen MR) is 61.2 cm³/mol. The fourth-order valence-corrected chi connectivity index (χ4v) is 1.39. The third kappa shape index (κ3) is 2.81. The van der Waals surface area contributed by atoms with Crippen LogP contribution in [-0.2, 0) is 6.42 Å². The lowest BCUT2D eigenvalue weighted by Crippen LogP contribution is -2.26. The molecule has 6 nitrogen and oxygen atoms in total. The van der Waals surface area contributed by atoms with E-state index in [0.29, 0.717) is 30.0 Å². The van der Waals surface area contributed by atoms with E-state index in [1.807, 2.05) is 0 Å². The molecule has 88 valence electrons. The van der Waals surface area contributed by atoms with Crippen LogP contribution in [0, 0.1) is 0 Å². The van der Waals surface area contributed by atoms with Crippen LogP contribution in [0.4, 0.5) is 5.69 Å². The minimum atomic E-state index is -0.202. The first-order valence-corrected chi connectivity index (χ1v) is 5.15. The van der Waals surface area contributed by atoms with Gasteiger partial charge in [-0.05, 0) is 12.1 Å². The quantitative estimate of drug-likeness (QED) is 0.754. The molecular weight excluding hydrogens is 220 g/mol. The van der Waals surface area contributed by atoms with Crippen molar-refractivity contribution in [1.82, 2.24) is 15.5 Å². The Morgan fingerprint density at radius 2 is 2.24 bits per heavy atom. The van der Waals surface area contributed by atoms with Gasteiger partial charge in [0.2, 0.25) is 6.39 Å². The number of benzene rings is 1. The molecule has 0 bridgehead atoms. The Bertz CT molecular complexity index is 496. The normalized spacial score (nSPS) is 10.1. The number of hydrogen-bond donors (Lipinski definition) is 2. The average Bonchev–Trinajstić information content (AvgIpc) is 2.82. The lowest BCUT2D eigenvalue weighted by atomic mass is 10.1. The number of nitrogens with one attached hydrogen (secondary N) is 1. The molecule has 2 rings (SSSR count). The third-order valence-corrected chi connectivity index (χ3v) is 2.25. The van der Waals surface area contributed by atoms with Gasteiger partial charge in [0.1, 0.15) is 0 Å². The molecule has 0 spiro atoms. The van der Waals surface area contributed by atoms with Gasteiger partial charge in [-0.25, -0.2) is 0 Å². The number of aromatic nitrogens is 2. The van der Waals surface area contributed by atoms with Crippen molar-refractivity contribution in [1.29, 1.82) is 0 Å². The SMILES string of the molecule is Nc1ccccc1C(=O)NCCc1ncon1. The third-order valence-electron chi connectivity index (χ3n) is 2.25. The number of rotatable bonds is 4. The molecular formula is C11H12N4O2. The van der Waals surface area contributed by atoms with Crippen molar-refractivity contribution in [3.8, 4) is 0 Å². The molecule has 1 aromatic carbocycles. The predicted octanol–water partition coefficient (Wildman–Crippen LogP) is 0.624. The maximum atomic E-state index is 11.7. The zero-order valence-electron chi connectivity index (χ0n) is 9.09. The minimum absolute atomic E-state index is 0.202. The first-order chi connectivity index (χ1) is 8.27. The van der Waals surface area contributed by atoms with Gasteiger partial charge in [0, 0.05) is 18.7 Å². The van der Waals surface area contributed by atoms with Gasteiger partial charge in [-0.15, -0.1) is 0 Å². The van der Waals surface area contributed by atoms with Gasteiger partial charge < -0.3 is 15.6 Å². The summed E-state index contributed by atoms with van der Waals surface area (Å²) >= 11 is 0. The molecule has 17 heavy (non-hydrogen) atoms. The molecule has 0 aliphatic carbocycles. The summed E-state index contributed by atoms with van der Waals surface area (Å²) in [4.78, 5) is 15.6. The number of nitrogens with two attached hydrogens (primary N) is 1. The summed E-state index contributed by atoms with van der Waals surface area (Å²) in [5.74, 6) is 0.359. The van der Waals surface area contributed by atoms with Gasteiger partial charge in [-0.2, -0.15) is 4.98 Å². The Labute approximate surface area is 97.8 Å². The second-order valence-electron chi connectivity index (χ2n) is 3.44. The second kappa shape index (κ2) is 5.11. The van der Waals surface area contributed by atoms with E-state index in [-0.39, 0.29) is 5.91 Å². The van der Waals surface area contributed by atoms with Crippen LogP contribution in [0.2, 0.25) is 0 Å². The van der Waals surface area contributed by atoms with Crippen molar-refractivity contribution >= 4 is 11.6 Å². The van der Waals surface area contributed by atoms with E-state index >= 15 is 0 Å². The summed E-state index contributed by atoms with van der Waals surface area (Å²) in [6, 6.07) is 6.92. The van der Waals surface area contributed by atoms with E-state index in [0.717, 1.165) is 0 Å². The van der Waals surface area contributed by atoms with Crippen molar-refractivity contribution in [3.05, 3.63) is 42.0 Å². The molecule has 0 saturated carbocycles. The zero-order chi connectivity index (χ0) is 12.1. The van der Waals surface area contributed by atoms with Crippen molar-refractivity contribution in [2.75, 3.05) is 12.3 Å². The van der Waals surface area contributed by atoms with E-state index in [9.17, 15) is 4.79 Å². The zero-order valence-corrected chi connectivity index (χ0v) is 9.09. The van der Waals surface area contributed by atoms with E-state index < -0.39 is 0 Å². The molecule has 0 saturated heterocycles. The molecule has 3 N–H and O–H groups in total. The van der Waals surface area contributed by atoms with Gasteiger partial charge in [0.05, 0.1) is 5.56 Å². The molecule has 6 heteroatoms. The molecule has 0 fully saturated rings. The fraction of sp³-hybridized carbons (Fsp3) is 0.182. The van der Waals surface area contributed by atoms with E-state index in [2.05, 4.69) is 20.0 Å². The molecule has 0 atom stereocenters. The summed E-state index contributed by atoms with van der Waals surface area (Å²) in [6.07, 6.45) is 1.78. The van der Waals surface area contributed by atoms with Crippen LogP contribution in [0.5, 0.6) is 0 Å². The minimum Gasteiger partial charge on any atom is -0.398 e. The molecule has 1 amide bonds. The smallest absolute Gasteiger partial charge is 0.253 e. The molecule has 0 aliphatic heterocycles. The molecule has 2 aromatic rings. The van der Waals surface area contributed by atoms with Crippen LogP contribution in [0.1, 0.15) is 16.2 Å². The van der Waals surface area contributed by atoms with Crippen molar-refractivity contribution < 1.29 is 9.32 Å². The van der Waals surface area contributed by atoms with Gasteiger partial charge in [-0.1, -0.05) is 17.3 Å². The highest BCUT2D eigenvalue weighted by Gasteiger charge is 2.08. The molecule has 1 aromatic heterocycles. The number of nitrogen functional groups attached to an aromatic ring is 1. The molecule has 1 heterocycles. The number of carbonyl (C=O) groups excluding carboxylic acids is 1. The highest BCUT2D eigenvalue weighted by molar-refractivity contribution is 5.99. The van der Waals surface area contributed by atoms with Gasteiger partial charge in [-0.3, -0.25) is 4.79 Å². The first kappa shape index (κ1) is 11.1. The second-order valence-corrected chi connectivity index (χ2v) is 3.44. The first-order valence-electron chi connectivity index (χ1n) is 5.15. The van der Waals surface area contributed by atoms with Crippen LogP contribution >= 0.6 is 0 Å². The highest BCUT2D eigenvalue weighted by atomic mass is 16.5. The van der Waals surface area contributed by atoms with Gasteiger partial charge in [0.25, 0.3) is 5.91 Å². The standard InChI is InChI=1S/C11H12N4O2/c12-9-4-2-1-3-8(9)11(16)13-6-5-10-14-7-17-15-10/h1-4,7H,5-6,12H2,(H,13,16). The Morgan fingerprint density at radius 1 is 1.41 bits per heavy atom. The van der Waals surface area contributed by atoms with Crippen molar-refractivity contribution in [2.24, 2.45) is 0 Å². The highest BCUT2D eigenvalue weighted by Crippen LogP contribution is 2.09. The Kier molecular flexibility index (Phi) is 3.34. The topological polar surface area (TPSA) is 94.0 Å². The Morgan fingerprint density at radius 3 is 2.94 bits per heavy atom. The number of anilines is 1. The number of carbonyl (C=O) groups is 1. The van der Waals surface area contributed by atoms with Crippen LogP contribution in [-0.4, -0.2) is 22.6 Å². The number of nitrogens with zero attached hydrogens (tertiary/aromatic N) is 2. The summed E-state index contributed by atoms with van der Waals surface area (Å²) in [6.45, 7) is 0.437. The van der Waals surface area contributed by atoms with E-state index in [4.69, 9.17) is 5.73 Å². The van der Waals surface area contributed by atoms with Gasteiger partial charge >= 0.3 is 0 Å². The monoisotopic (exact) mass is 232 g/mol. The van der Waals surface area contributed by atoms with Crippen LogP contribution < -0.4 is 11.1 Å². The number of hydrogen-bond acceptors (Lipinski definition) is 5. The van der Waals surface area contributed by atoms with Crippen molar-refractivity contribution in [2.45, 2.75) is 6.42 Å². The summed E-state index contributed by atoms with van der Waals surface area (Å²) in [5, 5.41) is 6.38.